The maximum atomic E-state index is 10.9. The van der Waals surface area contributed by atoms with Crippen molar-refractivity contribution in [2.24, 2.45) is 23.0 Å². The second-order valence-electron chi connectivity index (χ2n) is 6.52. The van der Waals surface area contributed by atoms with Gasteiger partial charge in [-0.1, -0.05) is 37.6 Å². The first-order chi connectivity index (χ1) is 9.19. The minimum Gasteiger partial charge on any atom is -0.388 e. The molecule has 2 bridgehead atoms. The van der Waals surface area contributed by atoms with Crippen molar-refractivity contribution in [2.75, 3.05) is 6.54 Å². The van der Waals surface area contributed by atoms with E-state index in [0.29, 0.717) is 12.5 Å². The third kappa shape index (κ3) is 2.02. The summed E-state index contributed by atoms with van der Waals surface area (Å²) < 4.78 is 0. The van der Waals surface area contributed by atoms with Crippen molar-refractivity contribution in [3.63, 3.8) is 0 Å². The zero-order chi connectivity index (χ0) is 13.5. The lowest BCUT2D eigenvalue weighted by Crippen LogP contribution is -2.41. The maximum absolute atomic E-state index is 10.9. The molecule has 2 heteroatoms. The standard InChI is InChI=1S/C17H25NO/c1-2-12-3-6-14(7-4-12)16(19)17(11-18)10-13-5-8-15(17)9-13/h3-4,6-7,13,15-16,19H,2,5,8-11,18H2,1H3. The van der Waals surface area contributed by atoms with E-state index < -0.39 is 6.10 Å². The number of rotatable bonds is 4. The van der Waals surface area contributed by atoms with Crippen LogP contribution in [0.4, 0.5) is 0 Å². The number of fused-ring (bicyclic) bond motifs is 2. The van der Waals surface area contributed by atoms with E-state index in [-0.39, 0.29) is 5.41 Å². The molecule has 4 atom stereocenters. The number of aryl methyl sites for hydroxylation is 1. The Morgan fingerprint density at radius 3 is 2.53 bits per heavy atom. The van der Waals surface area contributed by atoms with Gasteiger partial charge in [0.25, 0.3) is 0 Å². The van der Waals surface area contributed by atoms with Crippen molar-refractivity contribution in [2.45, 2.75) is 45.1 Å². The van der Waals surface area contributed by atoms with E-state index in [9.17, 15) is 5.11 Å². The van der Waals surface area contributed by atoms with Crippen LogP contribution >= 0.6 is 0 Å². The van der Waals surface area contributed by atoms with E-state index >= 15 is 0 Å². The molecule has 4 unspecified atom stereocenters. The van der Waals surface area contributed by atoms with Gasteiger partial charge in [-0.2, -0.15) is 0 Å². The smallest absolute Gasteiger partial charge is 0.0861 e. The molecule has 0 radical (unpaired) electrons. The first kappa shape index (κ1) is 13.1. The molecule has 2 saturated carbocycles. The van der Waals surface area contributed by atoms with Gasteiger partial charge < -0.3 is 10.8 Å². The molecule has 19 heavy (non-hydrogen) atoms. The van der Waals surface area contributed by atoms with Crippen LogP contribution in [0.5, 0.6) is 0 Å². The Bertz CT molecular complexity index is 441. The summed E-state index contributed by atoms with van der Waals surface area (Å²) in [6.45, 7) is 2.77. The van der Waals surface area contributed by atoms with Gasteiger partial charge in [0.1, 0.15) is 0 Å². The summed E-state index contributed by atoms with van der Waals surface area (Å²) >= 11 is 0. The van der Waals surface area contributed by atoms with Gasteiger partial charge >= 0.3 is 0 Å². The summed E-state index contributed by atoms with van der Waals surface area (Å²) in [6.07, 6.45) is 5.65. The van der Waals surface area contributed by atoms with E-state index in [2.05, 4.69) is 31.2 Å². The van der Waals surface area contributed by atoms with Crippen molar-refractivity contribution in [3.8, 4) is 0 Å². The second-order valence-corrected chi connectivity index (χ2v) is 6.52. The molecule has 0 amide bonds. The fraction of sp³-hybridized carbons (Fsp3) is 0.647. The zero-order valence-corrected chi connectivity index (χ0v) is 11.8. The number of hydrogen-bond donors (Lipinski definition) is 2. The Labute approximate surface area is 116 Å². The molecular weight excluding hydrogens is 234 g/mol. The molecule has 0 aliphatic heterocycles. The van der Waals surface area contributed by atoms with Gasteiger partial charge in [-0.25, -0.2) is 0 Å². The topological polar surface area (TPSA) is 46.2 Å². The van der Waals surface area contributed by atoms with Crippen molar-refractivity contribution in [1.29, 1.82) is 0 Å². The molecule has 1 aromatic rings. The molecule has 0 saturated heterocycles. The summed E-state index contributed by atoms with van der Waals surface area (Å²) in [4.78, 5) is 0. The molecule has 1 aromatic carbocycles. The minimum atomic E-state index is -0.390. The van der Waals surface area contributed by atoms with Crippen LogP contribution in [-0.4, -0.2) is 11.7 Å². The summed E-state index contributed by atoms with van der Waals surface area (Å²) in [5.74, 6) is 1.43. The molecular formula is C17H25NO. The zero-order valence-electron chi connectivity index (χ0n) is 11.8. The molecule has 3 N–H and O–H groups in total. The maximum Gasteiger partial charge on any atom is 0.0861 e. The van der Waals surface area contributed by atoms with Crippen LogP contribution in [0, 0.1) is 17.3 Å². The van der Waals surface area contributed by atoms with Gasteiger partial charge in [0, 0.05) is 12.0 Å². The predicted molar refractivity (Wildman–Crippen MR) is 77.7 cm³/mol. The van der Waals surface area contributed by atoms with E-state index in [0.717, 1.165) is 24.3 Å². The molecule has 0 spiro atoms. The fourth-order valence-corrected chi connectivity index (χ4v) is 4.45. The molecule has 2 aliphatic carbocycles. The summed E-state index contributed by atoms with van der Waals surface area (Å²) in [5.41, 5.74) is 8.41. The largest absolute Gasteiger partial charge is 0.388 e. The highest BCUT2D eigenvalue weighted by Gasteiger charge is 2.54. The molecule has 2 aliphatic rings. The van der Waals surface area contributed by atoms with Crippen LogP contribution in [0.15, 0.2) is 24.3 Å². The average Bonchev–Trinajstić information content (AvgIpc) is 3.07. The summed E-state index contributed by atoms with van der Waals surface area (Å²) in [5, 5.41) is 10.9. The quantitative estimate of drug-likeness (QED) is 0.873. The molecule has 2 nitrogen and oxygen atoms in total. The summed E-state index contributed by atoms with van der Waals surface area (Å²) in [6, 6.07) is 8.45. The number of benzene rings is 1. The number of aliphatic hydroxyl groups excluding tert-OH is 1. The van der Waals surface area contributed by atoms with E-state index in [1.807, 2.05) is 0 Å². The van der Waals surface area contributed by atoms with Crippen LogP contribution < -0.4 is 5.73 Å². The van der Waals surface area contributed by atoms with E-state index in [1.165, 1.54) is 24.8 Å². The van der Waals surface area contributed by atoms with Crippen LogP contribution in [-0.2, 0) is 6.42 Å². The number of nitrogens with two attached hydrogens (primary N) is 1. The van der Waals surface area contributed by atoms with Gasteiger partial charge in [0.15, 0.2) is 0 Å². The molecule has 0 aromatic heterocycles. The van der Waals surface area contributed by atoms with E-state index in [4.69, 9.17) is 5.73 Å². The summed E-state index contributed by atoms with van der Waals surface area (Å²) in [7, 11) is 0. The molecule has 2 fully saturated rings. The van der Waals surface area contributed by atoms with E-state index in [1.54, 1.807) is 0 Å². The predicted octanol–water partition coefficient (Wildman–Crippen LogP) is 3.05. The minimum absolute atomic E-state index is 0.0589. The van der Waals surface area contributed by atoms with Crippen LogP contribution in [0.1, 0.15) is 49.8 Å². The van der Waals surface area contributed by atoms with Crippen molar-refractivity contribution in [3.05, 3.63) is 35.4 Å². The third-order valence-electron chi connectivity index (χ3n) is 5.65. The highest BCUT2D eigenvalue weighted by atomic mass is 16.3. The van der Waals surface area contributed by atoms with Gasteiger partial charge in [-0.3, -0.25) is 0 Å². The first-order valence-corrected chi connectivity index (χ1v) is 7.66. The van der Waals surface area contributed by atoms with Gasteiger partial charge in [0.05, 0.1) is 6.10 Å². The Balaban J connectivity index is 1.86. The molecule has 3 rings (SSSR count). The van der Waals surface area contributed by atoms with Crippen molar-refractivity contribution in [1.82, 2.24) is 0 Å². The first-order valence-electron chi connectivity index (χ1n) is 7.66. The van der Waals surface area contributed by atoms with Gasteiger partial charge in [0.2, 0.25) is 0 Å². The van der Waals surface area contributed by atoms with Crippen LogP contribution in [0.2, 0.25) is 0 Å². The van der Waals surface area contributed by atoms with Gasteiger partial charge in [-0.05, 0) is 48.6 Å². The average molecular weight is 259 g/mol. The molecule has 104 valence electrons. The van der Waals surface area contributed by atoms with Crippen LogP contribution in [0.25, 0.3) is 0 Å². The van der Waals surface area contributed by atoms with Crippen LogP contribution in [0.3, 0.4) is 0 Å². The third-order valence-corrected chi connectivity index (χ3v) is 5.65. The second kappa shape index (κ2) is 4.92. The SMILES string of the molecule is CCc1ccc(C(O)C2(CN)CC3CCC2C3)cc1. The number of hydrogen-bond acceptors (Lipinski definition) is 2. The van der Waals surface area contributed by atoms with Crippen molar-refractivity contribution < 1.29 is 5.11 Å². The Morgan fingerprint density at radius 2 is 2.05 bits per heavy atom. The lowest BCUT2D eigenvalue weighted by Gasteiger charge is -2.41. The highest BCUT2D eigenvalue weighted by molar-refractivity contribution is 5.27. The Kier molecular flexibility index (Phi) is 3.40. The monoisotopic (exact) mass is 259 g/mol. The van der Waals surface area contributed by atoms with Gasteiger partial charge in [-0.15, -0.1) is 0 Å². The number of aliphatic hydroxyl groups is 1. The lowest BCUT2D eigenvalue weighted by atomic mass is 9.67. The Morgan fingerprint density at radius 1 is 1.32 bits per heavy atom. The van der Waals surface area contributed by atoms with Crippen molar-refractivity contribution >= 4 is 0 Å². The fourth-order valence-electron chi connectivity index (χ4n) is 4.45. The lowest BCUT2D eigenvalue weighted by molar-refractivity contribution is -0.0130. The highest BCUT2D eigenvalue weighted by Crippen LogP contribution is 2.60. The molecule has 0 heterocycles. The Hall–Kier alpha value is -0.860. The normalized spacial score (nSPS) is 34.7.